The number of hydrogen-bond donors (Lipinski definition) is 1. The molecular weight excluding hydrogens is 260 g/mol. The highest BCUT2D eigenvalue weighted by Gasteiger charge is 2.15. The van der Waals surface area contributed by atoms with Crippen LogP contribution in [0, 0.1) is 0 Å². The summed E-state index contributed by atoms with van der Waals surface area (Å²) in [5.41, 5.74) is -1.05. The summed E-state index contributed by atoms with van der Waals surface area (Å²) in [5.74, 6) is 0. The summed E-state index contributed by atoms with van der Waals surface area (Å²) in [6, 6.07) is 0. The number of aromatic nitrogens is 2. The topological polar surface area (TPSA) is 73.3 Å². The Morgan fingerprint density at radius 2 is 2.39 bits per heavy atom. The first-order valence-corrected chi connectivity index (χ1v) is 6.23. The van der Waals surface area contributed by atoms with E-state index in [2.05, 4.69) is 4.98 Å². The standard InChI is InChI=1S/C11H15ClN2O4/c12-9-6-14(11(16)13-10(9)15)3-5-17-7-8-2-1-4-18-8/h6,8H,1-5,7H2,(H,13,15,16)/t8-/m1/s1. The van der Waals surface area contributed by atoms with E-state index in [1.165, 1.54) is 10.8 Å². The van der Waals surface area contributed by atoms with E-state index in [-0.39, 0.29) is 11.1 Å². The molecule has 18 heavy (non-hydrogen) atoms. The third-order valence-electron chi connectivity index (χ3n) is 2.77. The molecule has 1 saturated heterocycles. The second-order valence-electron chi connectivity index (χ2n) is 4.14. The van der Waals surface area contributed by atoms with Crippen molar-refractivity contribution in [1.29, 1.82) is 0 Å². The Bertz CT molecular complexity index is 505. The van der Waals surface area contributed by atoms with Gasteiger partial charge in [-0.2, -0.15) is 0 Å². The Hall–Kier alpha value is -1.11. The molecule has 6 nitrogen and oxygen atoms in total. The average molecular weight is 275 g/mol. The zero-order valence-electron chi connectivity index (χ0n) is 9.86. The van der Waals surface area contributed by atoms with Gasteiger partial charge in [0.25, 0.3) is 5.56 Å². The first kappa shape index (κ1) is 13.3. The van der Waals surface area contributed by atoms with E-state index < -0.39 is 11.2 Å². The quantitative estimate of drug-likeness (QED) is 0.788. The maximum Gasteiger partial charge on any atom is 0.328 e. The van der Waals surface area contributed by atoms with Gasteiger partial charge in [0.15, 0.2) is 0 Å². The Labute approximate surface area is 108 Å². The molecule has 7 heteroatoms. The molecule has 100 valence electrons. The number of aromatic amines is 1. The molecule has 0 aromatic carbocycles. The van der Waals surface area contributed by atoms with Gasteiger partial charge in [0, 0.05) is 12.8 Å². The zero-order chi connectivity index (χ0) is 13.0. The van der Waals surface area contributed by atoms with E-state index in [0.29, 0.717) is 19.8 Å². The molecule has 0 unspecified atom stereocenters. The van der Waals surface area contributed by atoms with Gasteiger partial charge in [0.05, 0.1) is 25.9 Å². The lowest BCUT2D eigenvalue weighted by molar-refractivity contribution is 0.0146. The Morgan fingerprint density at radius 3 is 3.11 bits per heavy atom. The van der Waals surface area contributed by atoms with E-state index in [1.54, 1.807) is 0 Å². The summed E-state index contributed by atoms with van der Waals surface area (Å²) in [5, 5.41) is -0.00581. The van der Waals surface area contributed by atoms with E-state index in [0.717, 1.165) is 19.4 Å². The van der Waals surface area contributed by atoms with Gasteiger partial charge in [-0.1, -0.05) is 11.6 Å². The van der Waals surface area contributed by atoms with Gasteiger partial charge in [-0.05, 0) is 12.8 Å². The maximum absolute atomic E-state index is 11.4. The minimum atomic E-state index is -0.571. The van der Waals surface area contributed by atoms with Crippen LogP contribution in [0.25, 0.3) is 0 Å². The first-order chi connectivity index (χ1) is 8.66. The summed E-state index contributed by atoms with van der Waals surface area (Å²) in [6.07, 6.45) is 3.58. The molecule has 1 fully saturated rings. The van der Waals surface area contributed by atoms with Gasteiger partial charge in [-0.3, -0.25) is 14.3 Å². The van der Waals surface area contributed by atoms with Crippen LogP contribution in [0.1, 0.15) is 12.8 Å². The third-order valence-corrected chi connectivity index (χ3v) is 3.04. The molecule has 0 saturated carbocycles. The van der Waals surface area contributed by atoms with Crippen LogP contribution in [0.2, 0.25) is 5.02 Å². The molecule has 2 rings (SSSR count). The fourth-order valence-corrected chi connectivity index (χ4v) is 1.97. The molecular formula is C11H15ClN2O4. The van der Waals surface area contributed by atoms with Crippen LogP contribution in [0.3, 0.4) is 0 Å². The summed E-state index contributed by atoms with van der Waals surface area (Å²) < 4.78 is 12.1. The molecule has 0 spiro atoms. The molecule has 0 amide bonds. The number of rotatable bonds is 5. The monoisotopic (exact) mass is 274 g/mol. The first-order valence-electron chi connectivity index (χ1n) is 5.85. The number of hydrogen-bond acceptors (Lipinski definition) is 4. The fourth-order valence-electron chi connectivity index (χ4n) is 1.80. The Kier molecular flexibility index (Phi) is 4.57. The van der Waals surface area contributed by atoms with Crippen LogP contribution in [0.5, 0.6) is 0 Å². The lowest BCUT2D eigenvalue weighted by atomic mass is 10.2. The van der Waals surface area contributed by atoms with Gasteiger partial charge < -0.3 is 9.47 Å². The molecule has 1 N–H and O–H groups in total. The van der Waals surface area contributed by atoms with Crippen molar-refractivity contribution in [3.63, 3.8) is 0 Å². The van der Waals surface area contributed by atoms with E-state index in [1.807, 2.05) is 0 Å². The van der Waals surface area contributed by atoms with Crippen LogP contribution < -0.4 is 11.2 Å². The number of nitrogens with zero attached hydrogens (tertiary/aromatic N) is 1. The van der Waals surface area contributed by atoms with Gasteiger partial charge in [-0.25, -0.2) is 4.79 Å². The Morgan fingerprint density at radius 1 is 1.56 bits per heavy atom. The normalized spacial score (nSPS) is 19.3. The van der Waals surface area contributed by atoms with Crippen molar-refractivity contribution >= 4 is 11.6 Å². The van der Waals surface area contributed by atoms with E-state index in [9.17, 15) is 9.59 Å². The highest BCUT2D eigenvalue weighted by atomic mass is 35.5. The fraction of sp³-hybridized carbons (Fsp3) is 0.636. The zero-order valence-corrected chi connectivity index (χ0v) is 10.6. The summed E-state index contributed by atoms with van der Waals surface area (Å²) in [6.45, 7) is 2.05. The largest absolute Gasteiger partial charge is 0.377 e. The second kappa shape index (κ2) is 6.17. The van der Waals surface area contributed by atoms with Crippen molar-refractivity contribution in [2.24, 2.45) is 0 Å². The van der Waals surface area contributed by atoms with Gasteiger partial charge >= 0.3 is 5.69 Å². The number of halogens is 1. The SMILES string of the molecule is O=c1[nH]c(=O)n(CCOC[C@H]2CCCO2)cc1Cl. The smallest absolute Gasteiger partial charge is 0.328 e. The van der Waals surface area contributed by atoms with Gasteiger partial charge in [0.2, 0.25) is 0 Å². The predicted octanol–water partition coefficient (Wildman–Crippen LogP) is 0.386. The molecule has 2 heterocycles. The van der Waals surface area contributed by atoms with E-state index in [4.69, 9.17) is 21.1 Å². The van der Waals surface area contributed by atoms with E-state index >= 15 is 0 Å². The summed E-state index contributed by atoms with van der Waals surface area (Å²) >= 11 is 5.64. The van der Waals surface area contributed by atoms with Gasteiger partial charge in [-0.15, -0.1) is 0 Å². The van der Waals surface area contributed by atoms with Crippen molar-refractivity contribution in [1.82, 2.24) is 9.55 Å². The molecule has 1 atom stereocenters. The molecule has 1 aliphatic heterocycles. The highest BCUT2D eigenvalue weighted by Crippen LogP contribution is 2.11. The van der Waals surface area contributed by atoms with Crippen LogP contribution in [0.4, 0.5) is 0 Å². The van der Waals surface area contributed by atoms with Crippen molar-refractivity contribution in [2.75, 3.05) is 19.8 Å². The van der Waals surface area contributed by atoms with Crippen molar-refractivity contribution in [3.05, 3.63) is 32.1 Å². The van der Waals surface area contributed by atoms with Crippen LogP contribution in [-0.2, 0) is 16.0 Å². The second-order valence-corrected chi connectivity index (χ2v) is 4.55. The van der Waals surface area contributed by atoms with Gasteiger partial charge in [0.1, 0.15) is 5.02 Å². The number of nitrogens with one attached hydrogen (secondary N) is 1. The lowest BCUT2D eigenvalue weighted by Gasteiger charge is -2.10. The molecule has 1 aliphatic rings. The van der Waals surface area contributed by atoms with Crippen LogP contribution in [0.15, 0.2) is 15.8 Å². The molecule has 0 radical (unpaired) electrons. The van der Waals surface area contributed by atoms with Crippen LogP contribution in [-0.4, -0.2) is 35.5 Å². The third kappa shape index (κ3) is 3.44. The predicted molar refractivity (Wildman–Crippen MR) is 66.1 cm³/mol. The summed E-state index contributed by atoms with van der Waals surface area (Å²) in [7, 11) is 0. The molecule has 0 bridgehead atoms. The molecule has 0 aliphatic carbocycles. The Balaban J connectivity index is 1.81. The molecule has 1 aromatic rings. The summed E-state index contributed by atoms with van der Waals surface area (Å²) in [4.78, 5) is 24.6. The van der Waals surface area contributed by atoms with Crippen LogP contribution >= 0.6 is 11.6 Å². The van der Waals surface area contributed by atoms with Crippen molar-refractivity contribution in [3.8, 4) is 0 Å². The average Bonchev–Trinajstić information content (AvgIpc) is 2.84. The van der Waals surface area contributed by atoms with Crippen molar-refractivity contribution in [2.45, 2.75) is 25.5 Å². The number of H-pyrrole nitrogens is 1. The minimum absolute atomic E-state index is 0.00581. The lowest BCUT2D eigenvalue weighted by Crippen LogP contribution is -2.31. The maximum atomic E-state index is 11.4. The van der Waals surface area contributed by atoms with Crippen molar-refractivity contribution < 1.29 is 9.47 Å². The highest BCUT2D eigenvalue weighted by molar-refractivity contribution is 6.30. The molecule has 1 aromatic heterocycles. The number of ether oxygens (including phenoxy) is 2. The minimum Gasteiger partial charge on any atom is -0.377 e.